The summed E-state index contributed by atoms with van der Waals surface area (Å²) in [5.41, 5.74) is 0.432. The summed E-state index contributed by atoms with van der Waals surface area (Å²) in [6.45, 7) is 2.13. The van der Waals surface area contributed by atoms with Crippen LogP contribution in [-0.4, -0.2) is 56.4 Å². The van der Waals surface area contributed by atoms with Gasteiger partial charge in [0, 0.05) is 18.7 Å². The average Bonchev–Trinajstić information content (AvgIpc) is 3.29. The number of carbonyl (C=O) groups is 1. The minimum atomic E-state index is -4.61. The van der Waals surface area contributed by atoms with Gasteiger partial charge in [0.2, 0.25) is 5.84 Å². The quantitative estimate of drug-likeness (QED) is 0.734. The number of fused-ring (bicyclic) bond motifs is 1. The van der Waals surface area contributed by atoms with Crippen molar-refractivity contribution >= 4 is 17.5 Å². The highest BCUT2D eigenvalue weighted by Gasteiger charge is 2.40. The number of carbonyl (C=O) groups excluding carboxylic acids is 1. The van der Waals surface area contributed by atoms with Crippen LogP contribution in [0, 0.1) is 5.82 Å². The summed E-state index contributed by atoms with van der Waals surface area (Å²) < 4.78 is 53.0. The Hall–Kier alpha value is -3.11. The molecule has 2 aromatic rings. The number of rotatable bonds is 2. The van der Waals surface area contributed by atoms with Crippen LogP contribution in [0.15, 0.2) is 34.3 Å². The molecule has 1 atom stereocenters. The number of amidine groups is 1. The molecule has 0 saturated heterocycles. The van der Waals surface area contributed by atoms with Crippen LogP contribution in [0.3, 0.4) is 0 Å². The van der Waals surface area contributed by atoms with Gasteiger partial charge in [0.25, 0.3) is 5.91 Å². The van der Waals surface area contributed by atoms with Crippen molar-refractivity contribution in [3.8, 4) is 0 Å². The van der Waals surface area contributed by atoms with Crippen LogP contribution >= 0.6 is 0 Å². The van der Waals surface area contributed by atoms with Gasteiger partial charge in [-0.1, -0.05) is 0 Å². The molecule has 0 fully saturated rings. The third-order valence-electron chi connectivity index (χ3n) is 4.67. The molecule has 7 nitrogen and oxygen atoms in total. The van der Waals surface area contributed by atoms with Gasteiger partial charge in [-0.05, 0) is 31.2 Å². The van der Waals surface area contributed by atoms with Crippen molar-refractivity contribution in [1.29, 1.82) is 0 Å². The van der Waals surface area contributed by atoms with E-state index in [1.165, 1.54) is 24.3 Å². The van der Waals surface area contributed by atoms with E-state index in [-0.39, 0.29) is 24.0 Å². The van der Waals surface area contributed by atoms with Gasteiger partial charge in [0.15, 0.2) is 11.6 Å². The second-order valence-corrected chi connectivity index (χ2v) is 6.41. The number of benzene rings is 1. The molecule has 0 bridgehead atoms. The first kappa shape index (κ1) is 18.3. The molecule has 3 heterocycles. The minimum absolute atomic E-state index is 0.0941. The SMILES string of the molecule is C[C@@H]1c2nnc(C3=NC(C(F)(F)F)=NC3)n2CCN1C(=O)c1ccc(F)cc1. The lowest BCUT2D eigenvalue weighted by Gasteiger charge is -2.33. The van der Waals surface area contributed by atoms with Gasteiger partial charge in [-0.25, -0.2) is 9.38 Å². The summed E-state index contributed by atoms with van der Waals surface area (Å²) in [6.07, 6.45) is -4.61. The number of aromatic nitrogens is 3. The molecule has 4 rings (SSSR count). The molecular formula is C17H14F4N6O. The van der Waals surface area contributed by atoms with Crippen LogP contribution in [0.25, 0.3) is 0 Å². The van der Waals surface area contributed by atoms with E-state index in [1.54, 1.807) is 16.4 Å². The lowest BCUT2D eigenvalue weighted by Crippen LogP contribution is -2.41. The van der Waals surface area contributed by atoms with Gasteiger partial charge in [0.1, 0.15) is 11.5 Å². The van der Waals surface area contributed by atoms with Crippen molar-refractivity contribution in [2.45, 2.75) is 25.7 Å². The summed E-state index contributed by atoms with van der Waals surface area (Å²) in [5.74, 6) is -1.25. The van der Waals surface area contributed by atoms with E-state index < -0.39 is 23.9 Å². The number of aliphatic imine (C=N–C) groups is 2. The summed E-state index contributed by atoms with van der Waals surface area (Å²) in [6, 6.07) is 4.76. The Morgan fingerprint density at radius 3 is 2.50 bits per heavy atom. The Morgan fingerprint density at radius 1 is 1.14 bits per heavy atom. The van der Waals surface area contributed by atoms with E-state index >= 15 is 0 Å². The fraction of sp³-hybridized carbons (Fsp3) is 0.353. The molecular weight excluding hydrogens is 380 g/mol. The molecule has 28 heavy (non-hydrogen) atoms. The Kier molecular flexibility index (Phi) is 4.24. The van der Waals surface area contributed by atoms with Crippen LogP contribution in [0.1, 0.15) is 35.0 Å². The van der Waals surface area contributed by atoms with Gasteiger partial charge in [-0.15, -0.1) is 10.2 Å². The first-order chi connectivity index (χ1) is 13.3. The molecule has 2 aliphatic heterocycles. The van der Waals surface area contributed by atoms with Crippen LogP contribution in [0.2, 0.25) is 0 Å². The van der Waals surface area contributed by atoms with Crippen molar-refractivity contribution in [1.82, 2.24) is 19.7 Å². The predicted octanol–water partition coefficient (Wildman–Crippen LogP) is 2.40. The molecule has 1 aromatic carbocycles. The summed E-state index contributed by atoms with van der Waals surface area (Å²) in [7, 11) is 0. The second kappa shape index (κ2) is 6.50. The molecule has 1 aromatic heterocycles. The molecule has 0 saturated carbocycles. The lowest BCUT2D eigenvalue weighted by molar-refractivity contribution is -0.0595. The number of amides is 1. The smallest absolute Gasteiger partial charge is 0.327 e. The molecule has 0 radical (unpaired) electrons. The minimum Gasteiger partial charge on any atom is -0.327 e. The number of halogens is 4. The molecule has 0 unspecified atom stereocenters. The average molecular weight is 394 g/mol. The maximum Gasteiger partial charge on any atom is 0.451 e. The fourth-order valence-corrected chi connectivity index (χ4v) is 3.26. The zero-order chi connectivity index (χ0) is 20.1. The molecule has 1 amide bonds. The summed E-state index contributed by atoms with van der Waals surface area (Å²) in [5, 5.41) is 8.03. The predicted molar refractivity (Wildman–Crippen MR) is 90.8 cm³/mol. The number of hydrogen-bond donors (Lipinski definition) is 0. The van der Waals surface area contributed by atoms with E-state index in [2.05, 4.69) is 20.2 Å². The fourth-order valence-electron chi connectivity index (χ4n) is 3.26. The maximum atomic E-state index is 13.1. The maximum absolute atomic E-state index is 13.1. The monoisotopic (exact) mass is 394 g/mol. The van der Waals surface area contributed by atoms with Crippen molar-refractivity contribution in [3.63, 3.8) is 0 Å². The Bertz CT molecular complexity index is 992. The molecule has 0 N–H and O–H groups in total. The Labute approximate surface area is 156 Å². The number of alkyl halides is 3. The largest absolute Gasteiger partial charge is 0.451 e. The number of hydrogen-bond acceptors (Lipinski definition) is 5. The highest BCUT2D eigenvalue weighted by molar-refractivity contribution is 6.12. The Morgan fingerprint density at radius 2 is 1.86 bits per heavy atom. The van der Waals surface area contributed by atoms with Crippen LogP contribution < -0.4 is 0 Å². The zero-order valence-corrected chi connectivity index (χ0v) is 14.6. The Balaban J connectivity index is 1.59. The lowest BCUT2D eigenvalue weighted by atomic mass is 10.1. The molecule has 0 aliphatic carbocycles. The van der Waals surface area contributed by atoms with E-state index in [1.807, 2.05) is 0 Å². The highest BCUT2D eigenvalue weighted by Crippen LogP contribution is 2.28. The van der Waals surface area contributed by atoms with E-state index in [0.717, 1.165) is 0 Å². The van der Waals surface area contributed by atoms with E-state index in [4.69, 9.17) is 0 Å². The van der Waals surface area contributed by atoms with Crippen LogP contribution in [-0.2, 0) is 6.54 Å². The van der Waals surface area contributed by atoms with E-state index in [0.29, 0.717) is 24.5 Å². The third kappa shape index (κ3) is 3.06. The zero-order valence-electron chi connectivity index (χ0n) is 14.6. The van der Waals surface area contributed by atoms with Crippen LogP contribution in [0.4, 0.5) is 17.6 Å². The number of nitrogens with zero attached hydrogens (tertiary/aromatic N) is 6. The van der Waals surface area contributed by atoms with Crippen LogP contribution in [0.5, 0.6) is 0 Å². The third-order valence-corrected chi connectivity index (χ3v) is 4.67. The van der Waals surface area contributed by atoms with Crippen molar-refractivity contribution in [2.75, 3.05) is 13.1 Å². The molecule has 2 aliphatic rings. The van der Waals surface area contributed by atoms with Gasteiger partial charge in [-0.3, -0.25) is 9.79 Å². The first-order valence-corrected chi connectivity index (χ1v) is 8.45. The van der Waals surface area contributed by atoms with Gasteiger partial charge < -0.3 is 9.47 Å². The van der Waals surface area contributed by atoms with E-state index in [9.17, 15) is 22.4 Å². The van der Waals surface area contributed by atoms with Crippen molar-refractivity contribution in [2.24, 2.45) is 9.98 Å². The first-order valence-electron chi connectivity index (χ1n) is 8.45. The molecule has 11 heteroatoms. The standard InChI is InChI=1S/C17H14F4N6O/c1-9-13-24-25-14(12-8-22-16(23-12)17(19,20)21)27(13)7-6-26(9)15(28)10-2-4-11(18)5-3-10/h2-5,9H,6-8H2,1H3/t9-/m1/s1. The normalized spacial score (nSPS) is 19.3. The molecule has 0 spiro atoms. The van der Waals surface area contributed by atoms with Gasteiger partial charge in [0.05, 0.1) is 12.6 Å². The highest BCUT2D eigenvalue weighted by atomic mass is 19.4. The summed E-state index contributed by atoms with van der Waals surface area (Å²) in [4.78, 5) is 21.3. The topological polar surface area (TPSA) is 75.7 Å². The van der Waals surface area contributed by atoms with Crippen molar-refractivity contribution in [3.05, 3.63) is 47.3 Å². The van der Waals surface area contributed by atoms with Gasteiger partial charge in [-0.2, -0.15) is 13.2 Å². The van der Waals surface area contributed by atoms with Crippen molar-refractivity contribution < 1.29 is 22.4 Å². The summed E-state index contributed by atoms with van der Waals surface area (Å²) >= 11 is 0. The van der Waals surface area contributed by atoms with Gasteiger partial charge >= 0.3 is 6.18 Å². The second-order valence-electron chi connectivity index (χ2n) is 6.41. The molecule has 146 valence electrons.